The zero-order valence-corrected chi connectivity index (χ0v) is 17.3. The summed E-state index contributed by atoms with van der Waals surface area (Å²) in [4.78, 5) is 22.5. The summed E-state index contributed by atoms with van der Waals surface area (Å²) in [6, 6.07) is 16.9. The second-order valence-electron chi connectivity index (χ2n) is 7.02. The minimum atomic E-state index is -0.152. The standard InChI is InChI=1S/C23H21N3O2S/c1-14(2)28-18-9-6-16(7-10-18)21(27)25-19-11-8-17(13-15(19)3)22-26-20-5-4-12-24-23(20)29-22/h4-14H,1-3H3,(H,25,27). The molecule has 4 aromatic rings. The molecule has 29 heavy (non-hydrogen) atoms. The third-order valence-electron chi connectivity index (χ3n) is 4.38. The maximum Gasteiger partial charge on any atom is 0.255 e. The Labute approximate surface area is 173 Å². The van der Waals surface area contributed by atoms with Crippen molar-refractivity contribution in [3.8, 4) is 16.3 Å². The van der Waals surface area contributed by atoms with E-state index in [1.807, 2.05) is 63.2 Å². The SMILES string of the molecule is Cc1cc(-c2nc3cccnc3s2)ccc1NC(=O)c1ccc(OC(C)C)cc1. The highest BCUT2D eigenvalue weighted by molar-refractivity contribution is 7.21. The van der Waals surface area contributed by atoms with E-state index in [9.17, 15) is 4.79 Å². The highest BCUT2D eigenvalue weighted by Gasteiger charge is 2.11. The van der Waals surface area contributed by atoms with E-state index in [4.69, 9.17) is 4.74 Å². The molecule has 0 aliphatic carbocycles. The van der Waals surface area contributed by atoms with Crippen LogP contribution in [0.15, 0.2) is 60.8 Å². The van der Waals surface area contributed by atoms with Crippen LogP contribution in [0, 0.1) is 6.92 Å². The quantitative estimate of drug-likeness (QED) is 0.464. The minimum absolute atomic E-state index is 0.0991. The van der Waals surface area contributed by atoms with E-state index in [0.717, 1.165) is 37.9 Å². The van der Waals surface area contributed by atoms with Crippen LogP contribution in [0.25, 0.3) is 20.9 Å². The Morgan fingerprint density at radius 2 is 1.90 bits per heavy atom. The molecule has 0 spiro atoms. The number of nitrogens with zero attached hydrogens (tertiary/aromatic N) is 2. The number of nitrogens with one attached hydrogen (secondary N) is 1. The molecule has 0 bridgehead atoms. The average molecular weight is 404 g/mol. The van der Waals surface area contributed by atoms with Gasteiger partial charge in [0.05, 0.1) is 6.10 Å². The Hall–Kier alpha value is -3.25. The lowest BCUT2D eigenvalue weighted by Gasteiger charge is -2.11. The first-order valence-corrected chi connectivity index (χ1v) is 10.2. The Bertz CT molecular complexity index is 1130. The fraction of sp³-hybridized carbons (Fsp3) is 0.174. The molecule has 0 saturated carbocycles. The number of hydrogen-bond donors (Lipinski definition) is 1. The number of pyridine rings is 1. The van der Waals surface area contributed by atoms with Gasteiger partial charge in [0, 0.05) is 23.0 Å². The molecule has 4 rings (SSSR count). The number of hydrogen-bond acceptors (Lipinski definition) is 5. The number of carbonyl (C=O) groups excluding carboxylic acids is 1. The lowest BCUT2D eigenvalue weighted by Crippen LogP contribution is -2.13. The van der Waals surface area contributed by atoms with Crippen LogP contribution in [0.4, 0.5) is 5.69 Å². The molecule has 146 valence electrons. The lowest BCUT2D eigenvalue weighted by molar-refractivity contribution is 0.102. The first-order valence-electron chi connectivity index (χ1n) is 9.40. The van der Waals surface area contributed by atoms with Gasteiger partial charge in [0.25, 0.3) is 5.91 Å². The van der Waals surface area contributed by atoms with E-state index >= 15 is 0 Å². The van der Waals surface area contributed by atoms with Gasteiger partial charge >= 0.3 is 0 Å². The van der Waals surface area contributed by atoms with Crippen molar-refractivity contribution in [2.75, 3.05) is 5.32 Å². The van der Waals surface area contributed by atoms with Crippen molar-refractivity contribution in [2.24, 2.45) is 0 Å². The summed E-state index contributed by atoms with van der Waals surface area (Å²) >= 11 is 1.56. The fourth-order valence-electron chi connectivity index (χ4n) is 2.98. The molecule has 2 heterocycles. The van der Waals surface area contributed by atoms with Gasteiger partial charge in [-0.3, -0.25) is 4.79 Å². The molecular formula is C23H21N3O2S. The number of benzene rings is 2. The zero-order chi connectivity index (χ0) is 20.4. The molecule has 5 nitrogen and oxygen atoms in total. The third-order valence-corrected chi connectivity index (χ3v) is 5.40. The monoisotopic (exact) mass is 403 g/mol. The van der Waals surface area contributed by atoms with Crippen molar-refractivity contribution in [2.45, 2.75) is 26.9 Å². The number of anilines is 1. The summed E-state index contributed by atoms with van der Waals surface area (Å²) in [7, 11) is 0. The summed E-state index contributed by atoms with van der Waals surface area (Å²) in [5.41, 5.74) is 4.25. The number of aryl methyl sites for hydroxylation is 1. The van der Waals surface area contributed by atoms with Gasteiger partial charge in [-0.1, -0.05) is 11.3 Å². The summed E-state index contributed by atoms with van der Waals surface area (Å²) in [6.45, 7) is 5.92. The third kappa shape index (κ3) is 4.27. The van der Waals surface area contributed by atoms with Crippen LogP contribution in [-0.2, 0) is 0 Å². The molecule has 0 radical (unpaired) electrons. The largest absolute Gasteiger partial charge is 0.491 e. The summed E-state index contributed by atoms with van der Waals surface area (Å²) in [5.74, 6) is 0.601. The fourth-order valence-corrected chi connectivity index (χ4v) is 3.89. The van der Waals surface area contributed by atoms with Gasteiger partial charge in [-0.05, 0) is 80.9 Å². The molecule has 0 atom stereocenters. The van der Waals surface area contributed by atoms with Crippen LogP contribution in [0.1, 0.15) is 29.8 Å². The van der Waals surface area contributed by atoms with Crippen LogP contribution in [0.3, 0.4) is 0 Å². The number of amides is 1. The van der Waals surface area contributed by atoms with Gasteiger partial charge in [0.2, 0.25) is 0 Å². The lowest BCUT2D eigenvalue weighted by atomic mass is 10.1. The second kappa shape index (κ2) is 8.01. The molecule has 1 N–H and O–H groups in total. The van der Waals surface area contributed by atoms with E-state index < -0.39 is 0 Å². The Morgan fingerprint density at radius 1 is 1.10 bits per heavy atom. The molecule has 1 amide bonds. The number of carbonyl (C=O) groups is 1. The second-order valence-corrected chi connectivity index (χ2v) is 8.00. The summed E-state index contributed by atoms with van der Waals surface area (Å²) in [6.07, 6.45) is 1.87. The van der Waals surface area contributed by atoms with Crippen molar-refractivity contribution in [3.05, 3.63) is 71.9 Å². The predicted molar refractivity (Wildman–Crippen MR) is 118 cm³/mol. The van der Waals surface area contributed by atoms with E-state index in [1.165, 1.54) is 0 Å². The number of thiazole rings is 1. The van der Waals surface area contributed by atoms with Crippen molar-refractivity contribution in [1.29, 1.82) is 0 Å². The molecule has 0 fully saturated rings. The van der Waals surface area contributed by atoms with Gasteiger partial charge < -0.3 is 10.1 Å². The highest BCUT2D eigenvalue weighted by Crippen LogP contribution is 2.31. The zero-order valence-electron chi connectivity index (χ0n) is 16.5. The Balaban J connectivity index is 1.51. The molecular weight excluding hydrogens is 382 g/mol. The normalized spacial score (nSPS) is 11.0. The molecule has 0 unspecified atom stereocenters. The smallest absolute Gasteiger partial charge is 0.255 e. The number of ether oxygens (including phenoxy) is 1. The van der Waals surface area contributed by atoms with Gasteiger partial charge in [-0.15, -0.1) is 0 Å². The van der Waals surface area contributed by atoms with Crippen molar-refractivity contribution < 1.29 is 9.53 Å². The van der Waals surface area contributed by atoms with Gasteiger partial charge in [0.1, 0.15) is 21.1 Å². The van der Waals surface area contributed by atoms with Crippen molar-refractivity contribution in [1.82, 2.24) is 9.97 Å². The van der Waals surface area contributed by atoms with Crippen LogP contribution < -0.4 is 10.1 Å². The number of fused-ring (bicyclic) bond motifs is 1. The first kappa shape index (κ1) is 19.1. The van der Waals surface area contributed by atoms with Crippen LogP contribution >= 0.6 is 11.3 Å². The summed E-state index contributed by atoms with van der Waals surface area (Å²) < 4.78 is 5.62. The highest BCUT2D eigenvalue weighted by atomic mass is 32.1. The maximum atomic E-state index is 12.6. The minimum Gasteiger partial charge on any atom is -0.491 e. The van der Waals surface area contributed by atoms with E-state index in [-0.39, 0.29) is 12.0 Å². The predicted octanol–water partition coefficient (Wildman–Crippen LogP) is 5.71. The topological polar surface area (TPSA) is 64.1 Å². The first-order chi connectivity index (χ1) is 14.0. The molecule has 0 aliphatic heterocycles. The molecule has 6 heteroatoms. The van der Waals surface area contributed by atoms with E-state index in [2.05, 4.69) is 15.3 Å². The average Bonchev–Trinajstić information content (AvgIpc) is 3.14. The van der Waals surface area contributed by atoms with Gasteiger partial charge in [-0.2, -0.15) is 0 Å². The Kier molecular flexibility index (Phi) is 5.27. The van der Waals surface area contributed by atoms with Crippen LogP contribution in [0.2, 0.25) is 0 Å². The molecule has 0 aliphatic rings. The number of rotatable bonds is 5. The van der Waals surface area contributed by atoms with Crippen molar-refractivity contribution >= 4 is 33.3 Å². The van der Waals surface area contributed by atoms with E-state index in [0.29, 0.717) is 5.56 Å². The van der Waals surface area contributed by atoms with Crippen LogP contribution in [0.5, 0.6) is 5.75 Å². The van der Waals surface area contributed by atoms with Crippen LogP contribution in [-0.4, -0.2) is 22.0 Å². The van der Waals surface area contributed by atoms with Crippen molar-refractivity contribution in [3.63, 3.8) is 0 Å². The maximum absolute atomic E-state index is 12.6. The molecule has 0 saturated heterocycles. The Morgan fingerprint density at radius 3 is 2.59 bits per heavy atom. The molecule has 2 aromatic heterocycles. The van der Waals surface area contributed by atoms with E-state index in [1.54, 1.807) is 29.7 Å². The summed E-state index contributed by atoms with van der Waals surface area (Å²) in [5, 5.41) is 3.90. The molecule has 2 aromatic carbocycles. The van der Waals surface area contributed by atoms with Gasteiger partial charge in [0.15, 0.2) is 0 Å². The number of aromatic nitrogens is 2. The van der Waals surface area contributed by atoms with Gasteiger partial charge in [-0.25, -0.2) is 9.97 Å².